The van der Waals surface area contributed by atoms with Crippen LogP contribution in [0.3, 0.4) is 0 Å². The van der Waals surface area contributed by atoms with Crippen molar-refractivity contribution in [3.63, 3.8) is 0 Å². The van der Waals surface area contributed by atoms with Crippen molar-refractivity contribution in [1.29, 1.82) is 0 Å². The SMILES string of the molecule is Cc1cc(-c2ccc3[nH]ccc3c2)ccc1-n1c(CC2CCN(C(=O)C3CC3)C2)n[nH]c1=O. The Labute approximate surface area is 191 Å². The van der Waals surface area contributed by atoms with Gasteiger partial charge in [-0.1, -0.05) is 12.1 Å². The molecule has 2 N–H and O–H groups in total. The Kier molecular flexibility index (Phi) is 4.71. The van der Waals surface area contributed by atoms with Crippen LogP contribution in [0.4, 0.5) is 0 Å². The number of aromatic nitrogens is 4. The number of nitrogens with zero attached hydrogens (tertiary/aromatic N) is 3. The number of aromatic amines is 2. The molecule has 33 heavy (non-hydrogen) atoms. The zero-order valence-corrected chi connectivity index (χ0v) is 18.7. The minimum atomic E-state index is -0.224. The summed E-state index contributed by atoms with van der Waals surface area (Å²) in [5.41, 5.74) is 5.01. The normalized spacial score (nSPS) is 18.3. The van der Waals surface area contributed by atoms with Crippen molar-refractivity contribution in [2.45, 2.75) is 32.6 Å². The summed E-state index contributed by atoms with van der Waals surface area (Å²) in [4.78, 5) is 30.3. The highest BCUT2D eigenvalue weighted by Gasteiger charge is 2.37. The van der Waals surface area contributed by atoms with Crippen LogP contribution in [0.1, 0.15) is 30.7 Å². The molecule has 2 aromatic carbocycles. The zero-order chi connectivity index (χ0) is 22.5. The van der Waals surface area contributed by atoms with E-state index in [0.29, 0.717) is 18.2 Å². The third kappa shape index (κ3) is 3.67. The number of fused-ring (bicyclic) bond motifs is 1. The van der Waals surface area contributed by atoms with Gasteiger partial charge in [-0.25, -0.2) is 14.5 Å². The smallest absolute Gasteiger partial charge is 0.347 e. The summed E-state index contributed by atoms with van der Waals surface area (Å²) < 4.78 is 1.69. The van der Waals surface area contributed by atoms with Gasteiger partial charge in [-0.3, -0.25) is 4.79 Å². The number of amides is 1. The van der Waals surface area contributed by atoms with Gasteiger partial charge in [0.15, 0.2) is 0 Å². The molecule has 0 radical (unpaired) electrons. The molecule has 1 atom stereocenters. The quantitative estimate of drug-likeness (QED) is 0.494. The Bertz CT molecular complexity index is 1410. The van der Waals surface area contributed by atoms with Crippen molar-refractivity contribution in [2.24, 2.45) is 11.8 Å². The van der Waals surface area contributed by atoms with Crippen molar-refractivity contribution in [3.8, 4) is 16.8 Å². The maximum Gasteiger partial charge on any atom is 0.347 e. The van der Waals surface area contributed by atoms with Gasteiger partial charge in [-0.2, -0.15) is 5.10 Å². The van der Waals surface area contributed by atoms with Crippen molar-refractivity contribution >= 4 is 16.8 Å². The van der Waals surface area contributed by atoms with Crippen molar-refractivity contribution in [2.75, 3.05) is 13.1 Å². The number of carbonyl (C=O) groups excluding carboxylic acids is 1. The van der Waals surface area contributed by atoms with E-state index in [9.17, 15) is 9.59 Å². The molecule has 1 aliphatic carbocycles. The van der Waals surface area contributed by atoms with E-state index < -0.39 is 0 Å². The summed E-state index contributed by atoms with van der Waals surface area (Å²) in [6.45, 7) is 3.60. The average Bonchev–Trinajstić information content (AvgIpc) is 3.21. The molecule has 2 aliphatic rings. The number of likely N-dealkylation sites (tertiary alicyclic amines) is 1. The fourth-order valence-electron chi connectivity index (χ4n) is 5.08. The van der Waals surface area contributed by atoms with Crippen LogP contribution < -0.4 is 5.69 Å². The highest BCUT2D eigenvalue weighted by Crippen LogP contribution is 2.33. The fourth-order valence-corrected chi connectivity index (χ4v) is 5.08. The average molecular weight is 442 g/mol. The lowest BCUT2D eigenvalue weighted by atomic mass is 10.0. The molecule has 1 saturated heterocycles. The Morgan fingerprint density at radius 3 is 2.73 bits per heavy atom. The van der Waals surface area contributed by atoms with E-state index in [4.69, 9.17) is 0 Å². The number of hydrogen-bond acceptors (Lipinski definition) is 3. The molecule has 1 saturated carbocycles. The minimum absolute atomic E-state index is 0.224. The van der Waals surface area contributed by atoms with Crippen LogP contribution in [-0.2, 0) is 11.2 Å². The van der Waals surface area contributed by atoms with Crippen LogP contribution in [0.5, 0.6) is 0 Å². The van der Waals surface area contributed by atoms with E-state index in [-0.39, 0.29) is 11.6 Å². The third-order valence-electron chi connectivity index (χ3n) is 7.06. The Morgan fingerprint density at radius 2 is 1.91 bits per heavy atom. The molecule has 0 bridgehead atoms. The molecule has 1 aliphatic heterocycles. The molecule has 2 fully saturated rings. The van der Waals surface area contributed by atoms with Gasteiger partial charge in [0.05, 0.1) is 5.69 Å². The summed E-state index contributed by atoms with van der Waals surface area (Å²) in [6.07, 6.45) is 5.65. The maximum atomic E-state index is 12.7. The first kappa shape index (κ1) is 20.0. The highest BCUT2D eigenvalue weighted by molar-refractivity contribution is 5.85. The van der Waals surface area contributed by atoms with Gasteiger partial charge in [0.2, 0.25) is 5.91 Å². The predicted molar refractivity (Wildman–Crippen MR) is 127 cm³/mol. The van der Waals surface area contributed by atoms with Crippen molar-refractivity contribution < 1.29 is 4.79 Å². The molecule has 6 rings (SSSR count). The molecular weight excluding hydrogens is 414 g/mol. The molecule has 3 heterocycles. The third-order valence-corrected chi connectivity index (χ3v) is 7.06. The summed E-state index contributed by atoms with van der Waals surface area (Å²) in [7, 11) is 0. The second-order valence-electron chi connectivity index (χ2n) is 9.48. The monoisotopic (exact) mass is 441 g/mol. The van der Waals surface area contributed by atoms with Crippen LogP contribution in [0.15, 0.2) is 53.5 Å². The van der Waals surface area contributed by atoms with E-state index in [1.54, 1.807) is 4.57 Å². The van der Waals surface area contributed by atoms with Crippen LogP contribution >= 0.6 is 0 Å². The first-order valence-electron chi connectivity index (χ1n) is 11.7. The van der Waals surface area contributed by atoms with E-state index in [1.807, 2.05) is 24.1 Å². The van der Waals surface area contributed by atoms with Crippen LogP contribution in [0, 0.1) is 18.8 Å². The molecule has 7 heteroatoms. The predicted octanol–water partition coefficient (Wildman–Crippen LogP) is 3.82. The molecule has 168 valence electrons. The lowest BCUT2D eigenvalue weighted by Crippen LogP contribution is -2.30. The largest absolute Gasteiger partial charge is 0.361 e. The van der Waals surface area contributed by atoms with E-state index in [2.05, 4.69) is 51.6 Å². The second-order valence-corrected chi connectivity index (χ2v) is 9.48. The van der Waals surface area contributed by atoms with Gasteiger partial charge in [0.1, 0.15) is 5.82 Å². The highest BCUT2D eigenvalue weighted by atomic mass is 16.2. The number of hydrogen-bond donors (Lipinski definition) is 2. The zero-order valence-electron chi connectivity index (χ0n) is 18.7. The minimum Gasteiger partial charge on any atom is -0.361 e. The number of benzene rings is 2. The van der Waals surface area contributed by atoms with E-state index in [1.165, 1.54) is 5.39 Å². The first-order valence-corrected chi connectivity index (χ1v) is 11.7. The van der Waals surface area contributed by atoms with Crippen LogP contribution in [0.25, 0.3) is 27.7 Å². The molecular formula is C26H27N5O2. The Balaban J connectivity index is 1.26. The Hall–Kier alpha value is -3.61. The number of rotatable bonds is 5. The molecule has 7 nitrogen and oxygen atoms in total. The van der Waals surface area contributed by atoms with Crippen LogP contribution in [0.2, 0.25) is 0 Å². The fraction of sp³-hybridized carbons (Fsp3) is 0.346. The van der Waals surface area contributed by atoms with Gasteiger partial charge >= 0.3 is 5.69 Å². The van der Waals surface area contributed by atoms with Crippen molar-refractivity contribution in [3.05, 3.63) is 70.5 Å². The standard InChI is InChI=1S/C26H27N5O2/c1-16-12-19(20-4-6-22-21(14-20)8-10-27-22)5-7-23(16)31-24(28-29-26(31)33)13-17-9-11-30(15-17)25(32)18-2-3-18/h4-8,10,12,14,17-18,27H,2-3,9,11,13,15H2,1H3,(H,29,33). The molecule has 1 amide bonds. The summed E-state index contributed by atoms with van der Waals surface area (Å²) >= 11 is 0. The van der Waals surface area contributed by atoms with Gasteiger partial charge in [-0.05, 0) is 84.5 Å². The topological polar surface area (TPSA) is 86.8 Å². The summed E-state index contributed by atoms with van der Waals surface area (Å²) in [5.74, 6) is 1.62. The number of aryl methyl sites for hydroxylation is 1. The lowest BCUT2D eigenvalue weighted by Gasteiger charge is -2.16. The van der Waals surface area contributed by atoms with Gasteiger partial charge in [-0.15, -0.1) is 0 Å². The first-order chi connectivity index (χ1) is 16.1. The van der Waals surface area contributed by atoms with Gasteiger partial charge in [0.25, 0.3) is 0 Å². The van der Waals surface area contributed by atoms with E-state index in [0.717, 1.165) is 66.1 Å². The number of carbonyl (C=O) groups is 1. The van der Waals surface area contributed by atoms with E-state index >= 15 is 0 Å². The number of H-pyrrole nitrogens is 2. The summed E-state index contributed by atoms with van der Waals surface area (Å²) in [5, 5.41) is 8.15. The number of nitrogens with one attached hydrogen (secondary N) is 2. The molecule has 4 aromatic rings. The lowest BCUT2D eigenvalue weighted by molar-refractivity contribution is -0.131. The molecule has 0 spiro atoms. The molecule has 2 aromatic heterocycles. The second kappa shape index (κ2) is 7.76. The van der Waals surface area contributed by atoms with Gasteiger partial charge < -0.3 is 9.88 Å². The van der Waals surface area contributed by atoms with Gasteiger partial charge in [0, 0.05) is 37.1 Å². The van der Waals surface area contributed by atoms with Crippen LogP contribution in [-0.4, -0.2) is 43.6 Å². The molecule has 1 unspecified atom stereocenters. The summed E-state index contributed by atoms with van der Waals surface area (Å²) in [6, 6.07) is 14.6. The Morgan fingerprint density at radius 1 is 1.09 bits per heavy atom. The van der Waals surface area contributed by atoms with Crippen molar-refractivity contribution in [1.82, 2.24) is 24.6 Å². The maximum absolute atomic E-state index is 12.7.